The predicted octanol–water partition coefficient (Wildman–Crippen LogP) is 0.118. The number of hydrogen-bond donors (Lipinski definition) is 3. The molecule has 0 heterocycles. The van der Waals surface area contributed by atoms with Gasteiger partial charge in [-0.1, -0.05) is 6.92 Å². The molecule has 1 aliphatic rings. The molecule has 0 saturated heterocycles. The molecule has 3 N–H and O–H groups in total. The molecule has 1 aliphatic carbocycles. The summed E-state index contributed by atoms with van der Waals surface area (Å²) in [7, 11) is 0. The quantitative estimate of drug-likeness (QED) is 0.566. The van der Waals surface area contributed by atoms with Crippen molar-refractivity contribution in [2.24, 2.45) is 5.92 Å². The molecule has 0 radical (unpaired) electrons. The van der Waals surface area contributed by atoms with Gasteiger partial charge in [-0.3, -0.25) is 0 Å². The Bertz CT molecular complexity index is 141. The topological polar surface area (TPSA) is 52.5 Å². The van der Waals surface area contributed by atoms with Crippen molar-refractivity contribution >= 4 is 0 Å². The Morgan fingerprint density at radius 3 is 2.50 bits per heavy atom. The first-order chi connectivity index (χ1) is 5.53. The molecule has 0 aromatic rings. The van der Waals surface area contributed by atoms with E-state index in [-0.39, 0.29) is 6.61 Å². The van der Waals surface area contributed by atoms with Gasteiger partial charge in [0, 0.05) is 12.6 Å². The van der Waals surface area contributed by atoms with Gasteiger partial charge in [0.15, 0.2) is 0 Å². The molecule has 72 valence electrons. The third kappa shape index (κ3) is 2.73. The molecule has 0 amide bonds. The second-order valence-corrected chi connectivity index (χ2v) is 4.31. The van der Waals surface area contributed by atoms with Crippen LogP contribution in [0.1, 0.15) is 26.7 Å². The Balaban J connectivity index is 2.10. The SMILES string of the molecule is CC1CC(NCC(C)(O)CO)C1. The van der Waals surface area contributed by atoms with Gasteiger partial charge in [-0.2, -0.15) is 0 Å². The van der Waals surface area contributed by atoms with Crippen molar-refractivity contribution in [2.45, 2.75) is 38.3 Å². The monoisotopic (exact) mass is 173 g/mol. The van der Waals surface area contributed by atoms with Gasteiger partial charge >= 0.3 is 0 Å². The van der Waals surface area contributed by atoms with E-state index in [0.29, 0.717) is 12.6 Å². The van der Waals surface area contributed by atoms with Crippen LogP contribution >= 0.6 is 0 Å². The van der Waals surface area contributed by atoms with Crippen molar-refractivity contribution in [3.05, 3.63) is 0 Å². The lowest BCUT2D eigenvalue weighted by molar-refractivity contribution is -0.00279. The fraction of sp³-hybridized carbons (Fsp3) is 1.00. The number of nitrogens with one attached hydrogen (secondary N) is 1. The van der Waals surface area contributed by atoms with Gasteiger partial charge in [0.25, 0.3) is 0 Å². The Morgan fingerprint density at radius 1 is 1.50 bits per heavy atom. The number of aliphatic hydroxyl groups excluding tert-OH is 1. The fourth-order valence-corrected chi connectivity index (χ4v) is 1.49. The summed E-state index contributed by atoms with van der Waals surface area (Å²) in [6, 6.07) is 0.554. The van der Waals surface area contributed by atoms with Gasteiger partial charge in [-0.15, -0.1) is 0 Å². The highest BCUT2D eigenvalue weighted by atomic mass is 16.3. The van der Waals surface area contributed by atoms with Crippen molar-refractivity contribution in [3.63, 3.8) is 0 Å². The summed E-state index contributed by atoms with van der Waals surface area (Å²) in [5.41, 5.74) is -0.959. The van der Waals surface area contributed by atoms with Crippen LogP contribution in [0.15, 0.2) is 0 Å². The molecule has 3 heteroatoms. The molecule has 0 aromatic carbocycles. The largest absolute Gasteiger partial charge is 0.393 e. The van der Waals surface area contributed by atoms with Crippen LogP contribution in [0.2, 0.25) is 0 Å². The second-order valence-electron chi connectivity index (χ2n) is 4.31. The molecule has 0 aromatic heterocycles. The Morgan fingerprint density at radius 2 is 2.08 bits per heavy atom. The maximum atomic E-state index is 9.45. The van der Waals surface area contributed by atoms with Gasteiger partial charge in [0.2, 0.25) is 0 Å². The molecule has 12 heavy (non-hydrogen) atoms. The van der Waals surface area contributed by atoms with Gasteiger partial charge in [-0.05, 0) is 25.7 Å². The summed E-state index contributed by atoms with van der Waals surface area (Å²) in [6.45, 7) is 4.17. The molecular formula is C9H19NO2. The number of hydrogen-bond acceptors (Lipinski definition) is 3. The standard InChI is InChI=1S/C9H19NO2/c1-7-3-8(4-7)10-5-9(2,12)6-11/h7-8,10-12H,3-6H2,1-2H3. The third-order valence-corrected chi connectivity index (χ3v) is 2.49. The van der Waals surface area contributed by atoms with E-state index in [0.717, 1.165) is 5.92 Å². The van der Waals surface area contributed by atoms with Crippen molar-refractivity contribution in [1.82, 2.24) is 5.32 Å². The summed E-state index contributed by atoms with van der Waals surface area (Å²) >= 11 is 0. The maximum Gasteiger partial charge on any atom is 0.0972 e. The number of rotatable bonds is 4. The minimum Gasteiger partial charge on any atom is -0.393 e. The second kappa shape index (κ2) is 3.73. The molecule has 3 nitrogen and oxygen atoms in total. The molecule has 1 rings (SSSR count). The van der Waals surface area contributed by atoms with Gasteiger partial charge in [0.05, 0.1) is 12.2 Å². The lowest BCUT2D eigenvalue weighted by Crippen LogP contribution is -2.48. The average molecular weight is 173 g/mol. The molecule has 1 unspecified atom stereocenters. The van der Waals surface area contributed by atoms with Gasteiger partial charge < -0.3 is 15.5 Å². The normalized spacial score (nSPS) is 34.0. The van der Waals surface area contributed by atoms with Crippen molar-refractivity contribution in [1.29, 1.82) is 0 Å². The highest BCUT2D eigenvalue weighted by molar-refractivity contribution is 4.85. The van der Waals surface area contributed by atoms with E-state index in [1.165, 1.54) is 12.8 Å². The van der Waals surface area contributed by atoms with Crippen LogP contribution in [-0.4, -0.2) is 35.0 Å². The third-order valence-electron chi connectivity index (χ3n) is 2.49. The van der Waals surface area contributed by atoms with E-state index in [9.17, 15) is 5.11 Å². The first-order valence-corrected chi connectivity index (χ1v) is 4.60. The Kier molecular flexibility index (Phi) is 3.09. The molecule has 1 saturated carbocycles. The smallest absolute Gasteiger partial charge is 0.0972 e. The summed E-state index contributed by atoms with van der Waals surface area (Å²) < 4.78 is 0. The van der Waals surface area contributed by atoms with Crippen LogP contribution in [0.25, 0.3) is 0 Å². The minimum absolute atomic E-state index is 0.178. The maximum absolute atomic E-state index is 9.45. The van der Waals surface area contributed by atoms with E-state index in [1.54, 1.807) is 6.92 Å². The first kappa shape index (κ1) is 9.96. The van der Waals surface area contributed by atoms with Crippen molar-refractivity contribution < 1.29 is 10.2 Å². The highest BCUT2D eigenvalue weighted by Gasteiger charge is 2.27. The Hall–Kier alpha value is -0.120. The molecule has 0 bridgehead atoms. The predicted molar refractivity (Wildman–Crippen MR) is 47.9 cm³/mol. The van der Waals surface area contributed by atoms with E-state index in [2.05, 4.69) is 12.2 Å². The van der Waals surface area contributed by atoms with Gasteiger partial charge in [0.1, 0.15) is 0 Å². The van der Waals surface area contributed by atoms with E-state index >= 15 is 0 Å². The summed E-state index contributed by atoms with van der Waals surface area (Å²) in [4.78, 5) is 0. The summed E-state index contributed by atoms with van der Waals surface area (Å²) in [5.74, 6) is 0.821. The van der Waals surface area contributed by atoms with Crippen molar-refractivity contribution in [2.75, 3.05) is 13.2 Å². The average Bonchev–Trinajstić information content (AvgIpc) is 1.96. The van der Waals surface area contributed by atoms with Crippen LogP contribution in [0, 0.1) is 5.92 Å². The van der Waals surface area contributed by atoms with Crippen LogP contribution in [0.4, 0.5) is 0 Å². The number of aliphatic hydroxyl groups is 2. The zero-order chi connectivity index (χ0) is 9.19. The molecular weight excluding hydrogens is 154 g/mol. The van der Waals surface area contributed by atoms with Crippen LogP contribution < -0.4 is 5.32 Å². The highest BCUT2D eigenvalue weighted by Crippen LogP contribution is 2.26. The minimum atomic E-state index is -0.959. The molecule has 0 aliphatic heterocycles. The molecule has 1 fully saturated rings. The lowest BCUT2D eigenvalue weighted by atomic mass is 9.81. The van der Waals surface area contributed by atoms with Crippen molar-refractivity contribution in [3.8, 4) is 0 Å². The summed E-state index contributed by atoms with van der Waals surface area (Å²) in [5, 5.41) is 21.4. The summed E-state index contributed by atoms with van der Waals surface area (Å²) in [6.07, 6.45) is 2.39. The van der Waals surface area contributed by atoms with E-state index in [4.69, 9.17) is 5.11 Å². The zero-order valence-corrected chi connectivity index (χ0v) is 7.88. The van der Waals surface area contributed by atoms with Crippen LogP contribution in [0.3, 0.4) is 0 Å². The zero-order valence-electron chi connectivity index (χ0n) is 7.88. The lowest BCUT2D eigenvalue weighted by Gasteiger charge is -2.35. The first-order valence-electron chi connectivity index (χ1n) is 4.60. The van der Waals surface area contributed by atoms with Crippen LogP contribution in [0.5, 0.6) is 0 Å². The van der Waals surface area contributed by atoms with E-state index in [1.807, 2.05) is 0 Å². The fourth-order valence-electron chi connectivity index (χ4n) is 1.49. The Labute approximate surface area is 73.8 Å². The molecule has 1 atom stereocenters. The molecule has 0 spiro atoms. The van der Waals surface area contributed by atoms with Gasteiger partial charge in [-0.25, -0.2) is 0 Å². The van der Waals surface area contributed by atoms with E-state index < -0.39 is 5.60 Å². The van der Waals surface area contributed by atoms with Crippen LogP contribution in [-0.2, 0) is 0 Å².